The van der Waals surface area contributed by atoms with Crippen LogP contribution in [0.5, 0.6) is 0 Å². The van der Waals surface area contributed by atoms with Crippen LogP contribution in [0.3, 0.4) is 0 Å². The Morgan fingerprint density at radius 2 is 1.86 bits per heavy atom. The molecule has 0 radical (unpaired) electrons. The highest BCUT2D eigenvalue weighted by Gasteiger charge is 2.49. The third-order valence-electron chi connectivity index (χ3n) is 8.38. The van der Waals surface area contributed by atoms with Crippen LogP contribution in [-0.4, -0.2) is 57.2 Å². The van der Waals surface area contributed by atoms with Gasteiger partial charge >= 0.3 is 6.18 Å². The van der Waals surface area contributed by atoms with E-state index in [4.69, 9.17) is 4.98 Å². The number of likely N-dealkylation sites (N-methyl/N-ethyl adjacent to an activating group) is 1. The van der Waals surface area contributed by atoms with Gasteiger partial charge in [-0.25, -0.2) is 4.98 Å². The predicted octanol–water partition coefficient (Wildman–Crippen LogP) is 3.94. The molecule has 1 fully saturated rings. The van der Waals surface area contributed by atoms with Crippen molar-refractivity contribution in [2.75, 3.05) is 28.3 Å². The maximum atomic E-state index is 14.1. The van der Waals surface area contributed by atoms with Crippen molar-refractivity contribution in [3.05, 3.63) is 83.1 Å². The van der Waals surface area contributed by atoms with Gasteiger partial charge in [-0.3, -0.25) is 29.3 Å². The van der Waals surface area contributed by atoms with E-state index in [0.29, 0.717) is 35.9 Å². The number of para-hydroxylation sites is 1. The highest BCUT2D eigenvalue weighted by Crippen LogP contribution is 2.42. The zero-order chi connectivity index (χ0) is 31.5. The maximum Gasteiger partial charge on any atom is 0.416 e. The lowest BCUT2D eigenvalue weighted by atomic mass is 9.95. The van der Waals surface area contributed by atoms with Gasteiger partial charge in [-0.05, 0) is 43.7 Å². The van der Waals surface area contributed by atoms with Gasteiger partial charge < -0.3 is 14.7 Å². The highest BCUT2D eigenvalue weighted by molar-refractivity contribution is 6.10. The highest BCUT2D eigenvalue weighted by atomic mass is 19.4. The van der Waals surface area contributed by atoms with Gasteiger partial charge in [-0.1, -0.05) is 18.7 Å². The second kappa shape index (κ2) is 10.7. The van der Waals surface area contributed by atoms with E-state index in [0.717, 1.165) is 28.3 Å². The summed E-state index contributed by atoms with van der Waals surface area (Å²) in [4.78, 5) is 59.6. The van der Waals surface area contributed by atoms with Gasteiger partial charge in [0.2, 0.25) is 17.7 Å². The first-order chi connectivity index (χ1) is 20.8. The Morgan fingerprint density at radius 3 is 2.59 bits per heavy atom. The van der Waals surface area contributed by atoms with Crippen LogP contribution >= 0.6 is 0 Å². The maximum absolute atomic E-state index is 14.1. The summed E-state index contributed by atoms with van der Waals surface area (Å²) in [7, 11) is 1.60. The number of aryl methyl sites for hydroxylation is 2. The molecule has 2 aromatic heterocycles. The summed E-state index contributed by atoms with van der Waals surface area (Å²) < 4.78 is 41.1. The molecule has 1 saturated heterocycles. The van der Waals surface area contributed by atoms with E-state index in [-0.39, 0.29) is 36.9 Å². The first-order valence-corrected chi connectivity index (χ1v) is 14.1. The zero-order valence-corrected chi connectivity index (χ0v) is 24.4. The fourth-order valence-corrected chi connectivity index (χ4v) is 6.37. The van der Waals surface area contributed by atoms with Crippen molar-refractivity contribution < 1.29 is 27.6 Å². The number of hydrogen-bond acceptors (Lipinski definition) is 7. The number of aromatic nitrogens is 3. The molecular formula is C31H30F3N7O3. The van der Waals surface area contributed by atoms with Crippen molar-refractivity contribution in [3.8, 4) is 0 Å². The minimum absolute atomic E-state index is 0.0482. The monoisotopic (exact) mass is 605 g/mol. The van der Waals surface area contributed by atoms with Gasteiger partial charge in [0.25, 0.3) is 0 Å². The second-order valence-corrected chi connectivity index (χ2v) is 11.4. The molecule has 2 atom stereocenters. The molecule has 0 aliphatic carbocycles. The fraction of sp³-hybridized carbons (Fsp3) is 0.355. The summed E-state index contributed by atoms with van der Waals surface area (Å²) in [6.07, 6.45) is -1.78. The molecule has 0 saturated carbocycles. The smallest absolute Gasteiger partial charge is 0.363 e. The summed E-state index contributed by atoms with van der Waals surface area (Å²) in [6.45, 7) is 8.09. The minimum Gasteiger partial charge on any atom is -0.363 e. The average Bonchev–Trinajstić information content (AvgIpc) is 3.54. The molecule has 3 aliphatic rings. The number of fused-ring (bicyclic) bond motifs is 3. The number of nitrogens with zero attached hydrogens (tertiary/aromatic N) is 7. The van der Waals surface area contributed by atoms with Gasteiger partial charge in [0.1, 0.15) is 11.9 Å². The van der Waals surface area contributed by atoms with Crippen LogP contribution in [0, 0.1) is 19.8 Å². The van der Waals surface area contributed by atoms with Gasteiger partial charge in [-0.15, -0.1) is 0 Å². The normalized spacial score (nSPS) is 19.9. The molecule has 0 spiro atoms. The Bertz CT molecular complexity index is 1710. The Kier molecular flexibility index (Phi) is 7.13. The number of carbonyl (C=O) groups is 3. The lowest BCUT2D eigenvalue weighted by Gasteiger charge is -2.39. The summed E-state index contributed by atoms with van der Waals surface area (Å²) >= 11 is 0. The molecule has 3 amide bonds. The van der Waals surface area contributed by atoms with Gasteiger partial charge in [-0.2, -0.15) is 13.2 Å². The number of amides is 3. The summed E-state index contributed by atoms with van der Waals surface area (Å²) in [5.74, 6) is -1.84. The van der Waals surface area contributed by atoms with E-state index < -0.39 is 35.5 Å². The molecule has 3 aliphatic heterocycles. The van der Waals surface area contributed by atoms with Crippen LogP contribution in [0.15, 0.2) is 49.2 Å². The Hall–Kier alpha value is -4.81. The lowest BCUT2D eigenvalue weighted by molar-refractivity contribution is -0.137. The van der Waals surface area contributed by atoms with E-state index in [9.17, 15) is 27.6 Å². The number of hydrogen-bond donors (Lipinski definition) is 0. The Morgan fingerprint density at radius 1 is 1.11 bits per heavy atom. The van der Waals surface area contributed by atoms with E-state index in [2.05, 4.69) is 16.5 Å². The van der Waals surface area contributed by atoms with Crippen molar-refractivity contribution >= 4 is 34.9 Å². The van der Waals surface area contributed by atoms with Crippen molar-refractivity contribution in [2.24, 2.45) is 5.92 Å². The van der Waals surface area contributed by atoms with Crippen LogP contribution in [0.4, 0.5) is 30.4 Å². The Balaban J connectivity index is 1.39. The van der Waals surface area contributed by atoms with Crippen LogP contribution in [0.25, 0.3) is 0 Å². The van der Waals surface area contributed by atoms with E-state index in [1.54, 1.807) is 24.2 Å². The number of benzene rings is 1. The zero-order valence-electron chi connectivity index (χ0n) is 24.4. The molecule has 1 aromatic carbocycles. The number of anilines is 3. The topological polar surface area (TPSA) is 103 Å². The van der Waals surface area contributed by atoms with Gasteiger partial charge in [0, 0.05) is 31.6 Å². The number of alkyl halides is 3. The first kappa shape index (κ1) is 29.3. The fourth-order valence-electron chi connectivity index (χ4n) is 6.37. The average molecular weight is 606 g/mol. The first-order valence-electron chi connectivity index (χ1n) is 14.1. The summed E-state index contributed by atoms with van der Waals surface area (Å²) in [5.41, 5.74) is 3.46. The molecule has 13 heteroatoms. The van der Waals surface area contributed by atoms with Crippen molar-refractivity contribution in [1.29, 1.82) is 0 Å². The number of carbonyl (C=O) groups excluding carboxylic acids is 3. The molecule has 6 rings (SSSR count). The molecule has 44 heavy (non-hydrogen) atoms. The van der Waals surface area contributed by atoms with Crippen molar-refractivity contribution in [2.45, 2.75) is 52.1 Å². The summed E-state index contributed by atoms with van der Waals surface area (Å²) in [6, 6.07) is 6.23. The van der Waals surface area contributed by atoms with Crippen LogP contribution in [0.1, 0.15) is 40.3 Å². The third kappa shape index (κ3) is 5.05. The molecule has 5 heterocycles. The van der Waals surface area contributed by atoms with Crippen molar-refractivity contribution in [1.82, 2.24) is 19.9 Å². The second-order valence-electron chi connectivity index (χ2n) is 11.4. The molecule has 3 aromatic rings. The van der Waals surface area contributed by atoms with Gasteiger partial charge in [0.15, 0.2) is 0 Å². The number of rotatable bonds is 4. The lowest BCUT2D eigenvalue weighted by Crippen LogP contribution is -2.52. The summed E-state index contributed by atoms with van der Waals surface area (Å²) in [5, 5.41) is 0. The molecule has 0 bridgehead atoms. The van der Waals surface area contributed by atoms with Crippen LogP contribution in [-0.2, 0) is 40.2 Å². The molecule has 10 nitrogen and oxygen atoms in total. The van der Waals surface area contributed by atoms with E-state index >= 15 is 0 Å². The number of halogens is 3. The molecule has 0 unspecified atom stereocenters. The van der Waals surface area contributed by atoms with Gasteiger partial charge in [0.05, 0.1) is 59.9 Å². The quantitative estimate of drug-likeness (QED) is 0.415. The molecule has 228 valence electrons. The predicted molar refractivity (Wildman–Crippen MR) is 155 cm³/mol. The van der Waals surface area contributed by atoms with E-state index in [1.165, 1.54) is 17.9 Å². The largest absolute Gasteiger partial charge is 0.416 e. The minimum atomic E-state index is -4.65. The molecule has 0 N–H and O–H groups in total. The van der Waals surface area contributed by atoms with E-state index in [1.807, 2.05) is 24.0 Å². The van der Waals surface area contributed by atoms with Crippen molar-refractivity contribution in [3.63, 3.8) is 0 Å². The third-order valence-corrected chi connectivity index (χ3v) is 8.38. The SMILES string of the molecule is C=CC(=O)N1Cc2ncc(CN3C[C@H]4CC(=O)N(c5cc(C(F)(F)F)cc(C)n5)[C@@H]4C(=O)N(C)c4cccc(C)c43)nc2C1. The Labute approximate surface area is 251 Å². The van der Waals surface area contributed by atoms with Crippen LogP contribution < -0.4 is 14.7 Å². The molecular weight excluding hydrogens is 575 g/mol. The number of pyridine rings is 1. The van der Waals surface area contributed by atoms with Crippen LogP contribution in [0.2, 0.25) is 0 Å². The standard InChI is InChI=1S/C31H30F3N7O3/c1-5-26(42)39-15-22-23(16-39)37-21(12-35-22)14-40-13-19-10-27(43)41(25-11-20(31(32,33)34)9-18(3)36-25)29(19)30(44)38(4)24-8-6-7-17(2)28(24)40/h5-9,11-12,19,29H,1,10,13-16H2,2-4H3/t19-,29+/m1/s1.